The highest BCUT2D eigenvalue weighted by atomic mass is 35.5. The molecule has 1 aromatic rings. The number of nitrogens with zero attached hydrogens (tertiary/aromatic N) is 2. The van der Waals surface area contributed by atoms with Gasteiger partial charge in [-0.1, -0.05) is 11.6 Å². The summed E-state index contributed by atoms with van der Waals surface area (Å²) in [6.45, 7) is 0.435. The number of likely N-dealkylation sites (tertiary alicyclic amines) is 1. The average Bonchev–Trinajstić information content (AvgIpc) is 2.46. The number of carboxylic acid groups (broad SMARTS) is 1. The summed E-state index contributed by atoms with van der Waals surface area (Å²) in [5.41, 5.74) is -0.444. The molecule has 1 aliphatic rings. The molecule has 21 heavy (non-hydrogen) atoms. The normalized spacial score (nSPS) is 18.3. The molecule has 1 N–H and O–H groups in total. The molecule has 1 fully saturated rings. The van der Waals surface area contributed by atoms with Gasteiger partial charge in [-0.25, -0.2) is 0 Å². The quantitative estimate of drug-likeness (QED) is 0.681. The Kier molecular flexibility index (Phi) is 4.42. The van der Waals surface area contributed by atoms with Gasteiger partial charge in [0.1, 0.15) is 5.56 Å². The lowest BCUT2D eigenvalue weighted by Crippen LogP contribution is -2.42. The Labute approximate surface area is 125 Å². The first-order valence-corrected chi connectivity index (χ1v) is 6.74. The van der Waals surface area contributed by atoms with Crippen LogP contribution in [0.5, 0.6) is 0 Å². The van der Waals surface area contributed by atoms with Crippen LogP contribution in [0.25, 0.3) is 0 Å². The zero-order valence-corrected chi connectivity index (χ0v) is 11.7. The number of amides is 1. The van der Waals surface area contributed by atoms with Gasteiger partial charge in [0.25, 0.3) is 11.6 Å². The minimum atomic E-state index is -0.965. The number of carbonyl (C=O) groups excluding carboxylic acids is 1. The molecule has 8 heteroatoms. The van der Waals surface area contributed by atoms with E-state index in [0.717, 1.165) is 0 Å². The van der Waals surface area contributed by atoms with E-state index in [2.05, 4.69) is 0 Å². The van der Waals surface area contributed by atoms with E-state index >= 15 is 0 Å². The molecular weight excluding hydrogens is 300 g/mol. The van der Waals surface area contributed by atoms with Crippen LogP contribution in [-0.4, -0.2) is 39.9 Å². The number of carboxylic acids is 1. The molecule has 1 saturated heterocycles. The van der Waals surface area contributed by atoms with Crippen molar-refractivity contribution < 1.29 is 19.6 Å². The highest BCUT2D eigenvalue weighted by Gasteiger charge is 2.31. The van der Waals surface area contributed by atoms with Gasteiger partial charge < -0.3 is 10.0 Å². The van der Waals surface area contributed by atoms with E-state index in [0.29, 0.717) is 19.4 Å². The van der Waals surface area contributed by atoms with E-state index in [4.69, 9.17) is 16.7 Å². The topological polar surface area (TPSA) is 101 Å². The summed E-state index contributed by atoms with van der Waals surface area (Å²) in [4.78, 5) is 35.1. The van der Waals surface area contributed by atoms with Gasteiger partial charge in [0.2, 0.25) is 0 Å². The smallest absolute Gasteiger partial charge is 0.308 e. The molecule has 1 aliphatic heterocycles. The summed E-state index contributed by atoms with van der Waals surface area (Å²) in [6, 6.07) is 3.76. The summed E-state index contributed by atoms with van der Waals surface area (Å²) in [5, 5.41) is 20.2. The monoisotopic (exact) mass is 312 g/mol. The number of nitro benzene ring substituents is 1. The van der Waals surface area contributed by atoms with Crippen molar-refractivity contribution in [1.29, 1.82) is 0 Å². The molecule has 1 heterocycles. The maximum atomic E-state index is 12.4. The average molecular weight is 313 g/mol. The first-order chi connectivity index (χ1) is 9.90. The molecule has 1 unspecified atom stereocenters. The first kappa shape index (κ1) is 15.2. The fourth-order valence-corrected chi connectivity index (χ4v) is 2.54. The van der Waals surface area contributed by atoms with Crippen molar-refractivity contribution >= 4 is 29.2 Å². The summed E-state index contributed by atoms with van der Waals surface area (Å²) in [6.07, 6.45) is 1.05. The van der Waals surface area contributed by atoms with E-state index in [9.17, 15) is 19.7 Å². The summed E-state index contributed by atoms with van der Waals surface area (Å²) >= 11 is 5.80. The molecule has 0 aliphatic carbocycles. The Balaban J connectivity index is 2.29. The lowest BCUT2D eigenvalue weighted by atomic mass is 9.97. The first-order valence-electron chi connectivity index (χ1n) is 6.36. The molecule has 0 spiro atoms. The Morgan fingerprint density at radius 3 is 2.76 bits per heavy atom. The van der Waals surface area contributed by atoms with Crippen molar-refractivity contribution in [2.45, 2.75) is 12.8 Å². The fraction of sp³-hybridized carbons (Fsp3) is 0.385. The van der Waals surface area contributed by atoms with Crippen LogP contribution in [0.2, 0.25) is 5.02 Å². The van der Waals surface area contributed by atoms with E-state index in [-0.39, 0.29) is 22.8 Å². The van der Waals surface area contributed by atoms with Gasteiger partial charge in [0.15, 0.2) is 0 Å². The van der Waals surface area contributed by atoms with Crippen molar-refractivity contribution in [3.63, 3.8) is 0 Å². The number of carbonyl (C=O) groups is 2. The largest absolute Gasteiger partial charge is 0.481 e. The number of hydrogen-bond donors (Lipinski definition) is 1. The van der Waals surface area contributed by atoms with Crippen molar-refractivity contribution in [3.8, 4) is 0 Å². The molecule has 2 rings (SSSR count). The van der Waals surface area contributed by atoms with Crippen LogP contribution in [-0.2, 0) is 4.79 Å². The Bertz CT molecular complexity index is 604. The lowest BCUT2D eigenvalue weighted by Gasteiger charge is -2.30. The van der Waals surface area contributed by atoms with Crippen LogP contribution < -0.4 is 0 Å². The molecular formula is C13H13ClN2O5. The van der Waals surface area contributed by atoms with Gasteiger partial charge in [0, 0.05) is 24.2 Å². The second kappa shape index (κ2) is 6.09. The zero-order chi connectivity index (χ0) is 15.6. The second-order valence-corrected chi connectivity index (χ2v) is 5.28. The SMILES string of the molecule is O=C(O)C1CCCN(C(=O)c2cc(Cl)ccc2[N+](=O)[O-])C1. The van der Waals surface area contributed by atoms with E-state index in [1.807, 2.05) is 0 Å². The molecule has 1 amide bonds. The maximum absolute atomic E-state index is 12.4. The minimum absolute atomic E-state index is 0.0534. The Hall–Kier alpha value is -2.15. The van der Waals surface area contributed by atoms with Crippen molar-refractivity contribution in [3.05, 3.63) is 38.9 Å². The number of aliphatic carboxylic acids is 1. The van der Waals surface area contributed by atoms with E-state index < -0.39 is 22.7 Å². The Morgan fingerprint density at radius 2 is 2.14 bits per heavy atom. The van der Waals surface area contributed by atoms with Gasteiger partial charge in [0.05, 0.1) is 10.8 Å². The fourth-order valence-electron chi connectivity index (χ4n) is 2.37. The second-order valence-electron chi connectivity index (χ2n) is 4.85. The number of piperidine rings is 1. The van der Waals surface area contributed by atoms with Gasteiger partial charge in [-0.15, -0.1) is 0 Å². The number of benzene rings is 1. The van der Waals surface area contributed by atoms with Gasteiger partial charge in [-0.3, -0.25) is 19.7 Å². The summed E-state index contributed by atoms with van der Waals surface area (Å²) < 4.78 is 0. The standard InChI is InChI=1S/C13H13ClN2O5/c14-9-3-4-11(16(20)21)10(6-9)12(17)15-5-1-2-8(7-15)13(18)19/h3-4,6,8H,1-2,5,7H2,(H,18,19). The number of hydrogen-bond acceptors (Lipinski definition) is 4. The molecule has 0 saturated carbocycles. The molecule has 7 nitrogen and oxygen atoms in total. The molecule has 1 atom stereocenters. The van der Waals surface area contributed by atoms with Crippen LogP contribution in [0.1, 0.15) is 23.2 Å². The lowest BCUT2D eigenvalue weighted by molar-refractivity contribution is -0.385. The molecule has 0 radical (unpaired) electrons. The van der Waals surface area contributed by atoms with Crippen molar-refractivity contribution in [2.24, 2.45) is 5.92 Å². The number of rotatable bonds is 3. The molecule has 0 bridgehead atoms. The predicted molar refractivity (Wildman–Crippen MR) is 74.4 cm³/mol. The summed E-state index contributed by atoms with van der Waals surface area (Å²) in [7, 11) is 0. The van der Waals surface area contributed by atoms with Crippen LogP contribution in [0.3, 0.4) is 0 Å². The maximum Gasteiger partial charge on any atom is 0.308 e. The molecule has 112 valence electrons. The van der Waals surface area contributed by atoms with Crippen LogP contribution in [0, 0.1) is 16.0 Å². The van der Waals surface area contributed by atoms with Crippen molar-refractivity contribution in [1.82, 2.24) is 4.90 Å². The van der Waals surface area contributed by atoms with Crippen LogP contribution in [0.4, 0.5) is 5.69 Å². The third-order valence-electron chi connectivity index (χ3n) is 3.44. The summed E-state index contributed by atoms with van der Waals surface area (Å²) in [5.74, 6) is -2.16. The van der Waals surface area contributed by atoms with Gasteiger partial charge in [-0.05, 0) is 25.0 Å². The Morgan fingerprint density at radius 1 is 1.43 bits per heavy atom. The highest BCUT2D eigenvalue weighted by molar-refractivity contribution is 6.31. The third kappa shape index (κ3) is 3.30. The third-order valence-corrected chi connectivity index (χ3v) is 3.68. The van der Waals surface area contributed by atoms with Gasteiger partial charge in [-0.2, -0.15) is 0 Å². The highest BCUT2D eigenvalue weighted by Crippen LogP contribution is 2.26. The van der Waals surface area contributed by atoms with Crippen LogP contribution >= 0.6 is 11.6 Å². The van der Waals surface area contributed by atoms with E-state index in [1.54, 1.807) is 0 Å². The number of nitro groups is 1. The molecule has 1 aromatic carbocycles. The van der Waals surface area contributed by atoms with E-state index in [1.165, 1.54) is 23.1 Å². The zero-order valence-electron chi connectivity index (χ0n) is 11.0. The molecule has 0 aromatic heterocycles. The van der Waals surface area contributed by atoms with Crippen molar-refractivity contribution in [2.75, 3.05) is 13.1 Å². The minimum Gasteiger partial charge on any atom is -0.481 e. The van der Waals surface area contributed by atoms with Crippen LogP contribution in [0.15, 0.2) is 18.2 Å². The predicted octanol–water partition coefficient (Wildman–Crippen LogP) is 2.19. The number of halogens is 1. The van der Waals surface area contributed by atoms with Gasteiger partial charge >= 0.3 is 5.97 Å².